The number of aromatic amines is 1. The molecule has 0 saturated heterocycles. The van der Waals surface area contributed by atoms with E-state index in [2.05, 4.69) is 10.3 Å². The van der Waals surface area contributed by atoms with Crippen LogP contribution < -0.4 is 5.32 Å². The summed E-state index contributed by atoms with van der Waals surface area (Å²) in [6.45, 7) is 4.02. The number of alkyl halides is 3. The molecular weight excluding hydrogens is 313 g/mol. The van der Waals surface area contributed by atoms with Gasteiger partial charge >= 0.3 is 6.18 Å². The Bertz CT molecular complexity index is 845. The minimum atomic E-state index is -4.45. The van der Waals surface area contributed by atoms with Gasteiger partial charge in [0.25, 0.3) is 0 Å². The Labute approximate surface area is 138 Å². The topological polar surface area (TPSA) is 27.8 Å². The van der Waals surface area contributed by atoms with Gasteiger partial charge in [-0.1, -0.05) is 32.0 Å². The second-order valence-corrected chi connectivity index (χ2v) is 5.78. The Morgan fingerprint density at radius 1 is 0.917 bits per heavy atom. The zero-order chi connectivity index (χ0) is 17.3. The fraction of sp³-hybridized carbons (Fsp3) is 0.263. The molecule has 5 heteroatoms. The largest absolute Gasteiger partial charge is 0.433 e. The standard InChI is InChI=1S/C19H19F3N2/c1-3-12-5-8-14(9-6-12)23-17-15-11-13(4-2)7-10-16(15)24-18(17)19(20,21)22/h5-11,23-24H,3-4H2,1-2H3. The number of halogens is 3. The van der Waals surface area contributed by atoms with Gasteiger partial charge in [0, 0.05) is 16.6 Å². The Hall–Kier alpha value is -2.43. The maximum absolute atomic E-state index is 13.4. The SMILES string of the molecule is CCc1ccc(Nc2c(C(F)(F)F)[nH]c3ccc(CC)cc23)cc1. The molecule has 126 valence electrons. The first-order valence-corrected chi connectivity index (χ1v) is 8.00. The van der Waals surface area contributed by atoms with Crippen LogP contribution in [0.3, 0.4) is 0 Å². The van der Waals surface area contributed by atoms with E-state index in [-0.39, 0.29) is 5.69 Å². The molecule has 0 amide bonds. The van der Waals surface area contributed by atoms with Gasteiger partial charge in [0.15, 0.2) is 0 Å². The Balaban J connectivity index is 2.11. The van der Waals surface area contributed by atoms with Crippen molar-refractivity contribution in [3.8, 4) is 0 Å². The summed E-state index contributed by atoms with van der Waals surface area (Å²) in [4.78, 5) is 2.51. The molecule has 3 rings (SSSR count). The van der Waals surface area contributed by atoms with Gasteiger partial charge in [-0.2, -0.15) is 13.2 Å². The second kappa shape index (κ2) is 6.23. The second-order valence-electron chi connectivity index (χ2n) is 5.78. The van der Waals surface area contributed by atoms with Gasteiger partial charge in [-0.25, -0.2) is 0 Å². The summed E-state index contributed by atoms with van der Waals surface area (Å²) in [6.07, 6.45) is -2.79. The van der Waals surface area contributed by atoms with Gasteiger partial charge in [0.1, 0.15) is 5.69 Å². The molecule has 1 aromatic heterocycles. The van der Waals surface area contributed by atoms with Crippen LogP contribution in [-0.2, 0) is 19.0 Å². The first-order valence-electron chi connectivity index (χ1n) is 8.00. The molecule has 0 aliphatic rings. The van der Waals surface area contributed by atoms with E-state index in [0.29, 0.717) is 16.6 Å². The molecule has 3 aromatic rings. The number of aromatic nitrogens is 1. The predicted molar refractivity (Wildman–Crippen MR) is 91.8 cm³/mol. The summed E-state index contributed by atoms with van der Waals surface area (Å²) in [5.74, 6) is 0. The van der Waals surface area contributed by atoms with E-state index >= 15 is 0 Å². The highest BCUT2D eigenvalue weighted by Gasteiger charge is 2.36. The number of hydrogen-bond donors (Lipinski definition) is 2. The Kier molecular flexibility index (Phi) is 4.26. The number of hydrogen-bond acceptors (Lipinski definition) is 1. The Morgan fingerprint density at radius 2 is 1.54 bits per heavy atom. The molecule has 0 bridgehead atoms. The van der Waals surface area contributed by atoms with Crippen molar-refractivity contribution in [2.75, 3.05) is 5.32 Å². The molecule has 0 unspecified atom stereocenters. The summed E-state index contributed by atoms with van der Waals surface area (Å²) in [5, 5.41) is 3.51. The molecule has 2 N–H and O–H groups in total. The van der Waals surface area contributed by atoms with Crippen molar-refractivity contribution in [1.29, 1.82) is 0 Å². The summed E-state index contributed by atoms with van der Waals surface area (Å²) in [6, 6.07) is 12.8. The third kappa shape index (κ3) is 3.11. The van der Waals surface area contributed by atoms with Gasteiger partial charge in [-0.15, -0.1) is 0 Å². The molecule has 2 aromatic carbocycles. The van der Waals surface area contributed by atoms with Crippen LogP contribution in [0.15, 0.2) is 42.5 Å². The van der Waals surface area contributed by atoms with E-state index in [1.807, 2.05) is 50.2 Å². The van der Waals surface area contributed by atoms with Crippen molar-refractivity contribution >= 4 is 22.3 Å². The molecule has 2 nitrogen and oxygen atoms in total. The first-order chi connectivity index (χ1) is 11.4. The van der Waals surface area contributed by atoms with Crippen molar-refractivity contribution in [3.63, 3.8) is 0 Å². The molecule has 24 heavy (non-hydrogen) atoms. The molecule has 0 aliphatic heterocycles. The predicted octanol–water partition coefficient (Wildman–Crippen LogP) is 6.06. The van der Waals surface area contributed by atoms with Crippen molar-refractivity contribution in [3.05, 3.63) is 59.3 Å². The van der Waals surface area contributed by atoms with E-state index in [0.717, 1.165) is 24.0 Å². The van der Waals surface area contributed by atoms with Crippen LogP contribution in [0.4, 0.5) is 24.5 Å². The molecule has 0 radical (unpaired) electrons. The van der Waals surface area contributed by atoms with E-state index in [1.165, 1.54) is 0 Å². The lowest BCUT2D eigenvalue weighted by atomic mass is 10.1. The minimum absolute atomic E-state index is 0.0806. The number of benzene rings is 2. The summed E-state index contributed by atoms with van der Waals surface area (Å²) in [7, 11) is 0. The van der Waals surface area contributed by atoms with E-state index in [4.69, 9.17) is 0 Å². The van der Waals surface area contributed by atoms with Crippen molar-refractivity contribution in [2.45, 2.75) is 32.9 Å². The molecule has 0 atom stereocenters. The summed E-state index contributed by atoms with van der Waals surface area (Å²) < 4.78 is 40.3. The monoisotopic (exact) mass is 332 g/mol. The third-order valence-corrected chi connectivity index (χ3v) is 4.19. The quantitative estimate of drug-likeness (QED) is 0.597. The zero-order valence-corrected chi connectivity index (χ0v) is 13.6. The van der Waals surface area contributed by atoms with Crippen LogP contribution >= 0.6 is 0 Å². The Morgan fingerprint density at radius 3 is 2.12 bits per heavy atom. The number of rotatable bonds is 4. The lowest BCUT2D eigenvalue weighted by Crippen LogP contribution is -2.08. The van der Waals surface area contributed by atoms with Gasteiger partial charge in [0.2, 0.25) is 0 Å². The molecular formula is C19H19F3N2. The number of H-pyrrole nitrogens is 1. The number of anilines is 2. The van der Waals surface area contributed by atoms with E-state index < -0.39 is 11.9 Å². The number of fused-ring (bicyclic) bond motifs is 1. The van der Waals surface area contributed by atoms with Crippen molar-refractivity contribution < 1.29 is 13.2 Å². The lowest BCUT2D eigenvalue weighted by molar-refractivity contribution is -0.140. The molecule has 0 saturated carbocycles. The normalized spacial score (nSPS) is 11.9. The maximum atomic E-state index is 13.4. The lowest BCUT2D eigenvalue weighted by Gasteiger charge is -2.11. The molecule has 0 aliphatic carbocycles. The van der Waals surface area contributed by atoms with Crippen LogP contribution in [0, 0.1) is 0 Å². The number of nitrogens with one attached hydrogen (secondary N) is 2. The minimum Gasteiger partial charge on any atom is -0.353 e. The van der Waals surface area contributed by atoms with Gasteiger partial charge in [0.05, 0.1) is 5.69 Å². The average molecular weight is 332 g/mol. The van der Waals surface area contributed by atoms with Gasteiger partial charge < -0.3 is 10.3 Å². The first kappa shape index (κ1) is 16.4. The van der Waals surface area contributed by atoms with Crippen LogP contribution in [0.25, 0.3) is 10.9 Å². The fourth-order valence-corrected chi connectivity index (χ4v) is 2.77. The summed E-state index contributed by atoms with van der Waals surface area (Å²) in [5.41, 5.74) is 2.60. The molecule has 0 fully saturated rings. The highest BCUT2D eigenvalue weighted by Crippen LogP contribution is 2.40. The van der Waals surface area contributed by atoms with Crippen LogP contribution in [-0.4, -0.2) is 4.98 Å². The maximum Gasteiger partial charge on any atom is 0.433 e. The molecule has 1 heterocycles. The van der Waals surface area contributed by atoms with Gasteiger partial charge in [-0.05, 0) is 48.2 Å². The highest BCUT2D eigenvalue weighted by molar-refractivity contribution is 5.96. The van der Waals surface area contributed by atoms with Crippen LogP contribution in [0.1, 0.15) is 30.7 Å². The smallest absolute Gasteiger partial charge is 0.353 e. The van der Waals surface area contributed by atoms with E-state index in [9.17, 15) is 13.2 Å². The summed E-state index contributed by atoms with van der Waals surface area (Å²) >= 11 is 0. The van der Waals surface area contributed by atoms with Crippen LogP contribution in [0.5, 0.6) is 0 Å². The van der Waals surface area contributed by atoms with Gasteiger partial charge in [-0.3, -0.25) is 0 Å². The molecule has 0 spiro atoms. The average Bonchev–Trinajstić information content (AvgIpc) is 2.93. The van der Waals surface area contributed by atoms with E-state index in [1.54, 1.807) is 6.07 Å². The fourth-order valence-electron chi connectivity index (χ4n) is 2.77. The van der Waals surface area contributed by atoms with Crippen LogP contribution in [0.2, 0.25) is 0 Å². The van der Waals surface area contributed by atoms with Crippen molar-refractivity contribution in [2.24, 2.45) is 0 Å². The van der Waals surface area contributed by atoms with Crippen molar-refractivity contribution in [1.82, 2.24) is 4.98 Å². The highest BCUT2D eigenvalue weighted by atomic mass is 19.4. The zero-order valence-electron chi connectivity index (χ0n) is 13.6. The third-order valence-electron chi connectivity index (χ3n) is 4.19. The number of aryl methyl sites for hydroxylation is 2.